The molecule has 5 N–H and O–H groups in total. The molecule has 1 heterocycles. The summed E-state index contributed by atoms with van der Waals surface area (Å²) in [4.78, 5) is 16.3. The van der Waals surface area contributed by atoms with Gasteiger partial charge in [-0.2, -0.15) is 5.26 Å². The third-order valence-electron chi connectivity index (χ3n) is 3.82. The van der Waals surface area contributed by atoms with Crippen molar-refractivity contribution in [3.05, 3.63) is 35.0 Å². The average Bonchev–Trinajstić information content (AvgIpc) is 2.58. The fraction of sp³-hybridized carbons (Fsp3) is 0.375. The Balaban J connectivity index is 2.00. The molecule has 0 unspecified atom stereocenters. The Morgan fingerprint density at radius 2 is 2.08 bits per heavy atom. The van der Waals surface area contributed by atoms with E-state index in [1.54, 1.807) is 23.1 Å². The Hall–Kier alpha value is -2.27. The molecule has 24 heavy (non-hydrogen) atoms. The molecule has 0 spiro atoms. The Morgan fingerprint density at radius 1 is 1.38 bits per heavy atom. The van der Waals surface area contributed by atoms with Crippen LogP contribution in [0.4, 0.5) is 11.4 Å². The summed E-state index contributed by atoms with van der Waals surface area (Å²) in [6.07, 6.45) is 1.38. The zero-order valence-electron chi connectivity index (χ0n) is 13.3. The summed E-state index contributed by atoms with van der Waals surface area (Å²) in [7, 11) is 0. The van der Waals surface area contributed by atoms with Gasteiger partial charge in [-0.25, -0.2) is 0 Å². The molecule has 0 bridgehead atoms. The first kappa shape index (κ1) is 18.1. The number of hydrogen-bond acceptors (Lipinski definition) is 6. The van der Waals surface area contributed by atoms with Crippen molar-refractivity contribution in [2.45, 2.75) is 0 Å². The summed E-state index contributed by atoms with van der Waals surface area (Å²) in [6, 6.07) is 6.92. The second-order valence-electron chi connectivity index (χ2n) is 5.48. The van der Waals surface area contributed by atoms with Gasteiger partial charge in [-0.1, -0.05) is 11.6 Å². The lowest BCUT2D eigenvalue weighted by molar-refractivity contribution is -0.128. The smallest absolute Gasteiger partial charge is 0.266 e. The second kappa shape index (κ2) is 8.55. The third-order valence-corrected chi connectivity index (χ3v) is 4.13. The SMILES string of the molecule is N#C/C(=C/Nc1ccc(N)cc1Cl)C(=O)N1CCN(CCN)CC1. The van der Waals surface area contributed by atoms with Crippen LogP contribution in [0.5, 0.6) is 0 Å². The first-order valence-corrected chi connectivity index (χ1v) is 8.06. The molecule has 1 saturated heterocycles. The Kier molecular flexibility index (Phi) is 6.44. The van der Waals surface area contributed by atoms with E-state index in [0.29, 0.717) is 36.0 Å². The number of halogens is 1. The van der Waals surface area contributed by atoms with E-state index in [1.165, 1.54) is 6.20 Å². The monoisotopic (exact) mass is 348 g/mol. The number of benzene rings is 1. The van der Waals surface area contributed by atoms with E-state index in [0.717, 1.165) is 19.6 Å². The molecule has 0 aliphatic carbocycles. The average molecular weight is 349 g/mol. The fourth-order valence-corrected chi connectivity index (χ4v) is 2.71. The first-order chi connectivity index (χ1) is 11.5. The maximum atomic E-state index is 12.5. The summed E-state index contributed by atoms with van der Waals surface area (Å²) < 4.78 is 0. The van der Waals surface area contributed by atoms with Crippen molar-refractivity contribution in [2.75, 3.05) is 50.3 Å². The second-order valence-corrected chi connectivity index (χ2v) is 5.88. The van der Waals surface area contributed by atoms with E-state index in [9.17, 15) is 10.1 Å². The number of carbonyl (C=O) groups is 1. The lowest BCUT2D eigenvalue weighted by Gasteiger charge is -2.34. The van der Waals surface area contributed by atoms with Crippen molar-refractivity contribution in [1.29, 1.82) is 5.26 Å². The number of nitrogens with two attached hydrogens (primary N) is 2. The molecular weight excluding hydrogens is 328 g/mol. The topological polar surface area (TPSA) is 111 Å². The number of carbonyl (C=O) groups excluding carboxylic acids is 1. The van der Waals surface area contributed by atoms with Gasteiger partial charge >= 0.3 is 0 Å². The first-order valence-electron chi connectivity index (χ1n) is 7.68. The Bertz CT molecular complexity index is 661. The molecule has 1 aliphatic rings. The zero-order chi connectivity index (χ0) is 17.5. The maximum Gasteiger partial charge on any atom is 0.266 e. The van der Waals surface area contributed by atoms with Crippen molar-refractivity contribution in [1.82, 2.24) is 9.80 Å². The molecule has 1 amide bonds. The van der Waals surface area contributed by atoms with Crippen LogP contribution in [0, 0.1) is 11.3 Å². The molecule has 0 aromatic heterocycles. The van der Waals surface area contributed by atoms with E-state index in [1.807, 2.05) is 6.07 Å². The minimum Gasteiger partial charge on any atom is -0.399 e. The number of nitrogens with one attached hydrogen (secondary N) is 1. The van der Waals surface area contributed by atoms with Crippen LogP contribution in [0.25, 0.3) is 0 Å². The van der Waals surface area contributed by atoms with Crippen LogP contribution in [-0.2, 0) is 4.79 Å². The van der Waals surface area contributed by atoms with Gasteiger partial charge in [-0.3, -0.25) is 9.69 Å². The lowest BCUT2D eigenvalue weighted by atomic mass is 10.2. The number of nitrogen functional groups attached to an aromatic ring is 1. The lowest BCUT2D eigenvalue weighted by Crippen LogP contribution is -2.50. The number of rotatable bonds is 5. The normalized spacial score (nSPS) is 15.9. The summed E-state index contributed by atoms with van der Waals surface area (Å²) >= 11 is 6.06. The van der Waals surface area contributed by atoms with E-state index >= 15 is 0 Å². The van der Waals surface area contributed by atoms with Crippen molar-refractivity contribution in [3.8, 4) is 6.07 Å². The van der Waals surface area contributed by atoms with Gasteiger partial charge in [-0.15, -0.1) is 0 Å². The molecule has 7 nitrogen and oxygen atoms in total. The number of nitrogens with zero attached hydrogens (tertiary/aromatic N) is 3. The molecule has 8 heteroatoms. The molecule has 0 saturated carbocycles. The number of nitriles is 1. The van der Waals surface area contributed by atoms with Crippen LogP contribution < -0.4 is 16.8 Å². The van der Waals surface area contributed by atoms with Crippen LogP contribution in [-0.4, -0.2) is 55.0 Å². The molecular formula is C16H21ClN6O. The zero-order valence-corrected chi connectivity index (χ0v) is 14.1. The quantitative estimate of drug-likeness (QED) is 0.413. The molecule has 0 atom stereocenters. The molecule has 2 rings (SSSR count). The van der Waals surface area contributed by atoms with Gasteiger partial charge < -0.3 is 21.7 Å². The summed E-state index contributed by atoms with van der Waals surface area (Å²) in [6.45, 7) is 4.11. The molecule has 1 fully saturated rings. The number of piperazine rings is 1. The van der Waals surface area contributed by atoms with E-state index in [2.05, 4.69) is 10.2 Å². The molecule has 0 radical (unpaired) electrons. The van der Waals surface area contributed by atoms with Gasteiger partial charge in [-0.05, 0) is 18.2 Å². The van der Waals surface area contributed by atoms with Gasteiger partial charge in [0.15, 0.2) is 0 Å². The summed E-state index contributed by atoms with van der Waals surface area (Å²) in [5.41, 5.74) is 12.3. The third kappa shape index (κ3) is 4.61. The Labute approximate surface area is 146 Å². The van der Waals surface area contributed by atoms with Crippen LogP contribution in [0.2, 0.25) is 5.02 Å². The Morgan fingerprint density at radius 3 is 2.67 bits per heavy atom. The van der Waals surface area contributed by atoms with Gasteiger partial charge in [0.25, 0.3) is 5.91 Å². The van der Waals surface area contributed by atoms with E-state index < -0.39 is 0 Å². The van der Waals surface area contributed by atoms with Gasteiger partial charge in [0.1, 0.15) is 11.6 Å². The molecule has 1 aromatic rings. The standard InChI is InChI=1S/C16H21ClN6O/c17-14-9-13(20)1-2-15(14)21-11-12(10-19)16(24)23-7-5-22(4-3-18)6-8-23/h1-2,9,11,21H,3-8,18,20H2/b12-11-. The number of hydrogen-bond donors (Lipinski definition) is 3. The predicted octanol–water partition coefficient (Wildman–Crippen LogP) is 0.844. The van der Waals surface area contributed by atoms with Crippen molar-refractivity contribution in [3.63, 3.8) is 0 Å². The highest BCUT2D eigenvalue weighted by molar-refractivity contribution is 6.33. The van der Waals surface area contributed by atoms with Crippen molar-refractivity contribution < 1.29 is 4.79 Å². The van der Waals surface area contributed by atoms with E-state index in [4.69, 9.17) is 23.1 Å². The van der Waals surface area contributed by atoms with Gasteiger partial charge in [0, 0.05) is 51.2 Å². The number of anilines is 2. The molecule has 128 valence electrons. The minimum atomic E-state index is -0.288. The summed E-state index contributed by atoms with van der Waals surface area (Å²) in [5.74, 6) is -0.288. The highest BCUT2D eigenvalue weighted by Crippen LogP contribution is 2.24. The highest BCUT2D eigenvalue weighted by Gasteiger charge is 2.23. The fourth-order valence-electron chi connectivity index (χ4n) is 2.47. The highest BCUT2D eigenvalue weighted by atomic mass is 35.5. The summed E-state index contributed by atoms with van der Waals surface area (Å²) in [5, 5.41) is 12.6. The maximum absolute atomic E-state index is 12.5. The largest absolute Gasteiger partial charge is 0.399 e. The minimum absolute atomic E-state index is 0.0372. The van der Waals surface area contributed by atoms with E-state index in [-0.39, 0.29) is 11.5 Å². The van der Waals surface area contributed by atoms with Crippen LogP contribution in [0.3, 0.4) is 0 Å². The predicted molar refractivity (Wildman–Crippen MR) is 95.3 cm³/mol. The van der Waals surface area contributed by atoms with Gasteiger partial charge in [0.2, 0.25) is 0 Å². The van der Waals surface area contributed by atoms with Gasteiger partial charge in [0.05, 0.1) is 10.7 Å². The van der Waals surface area contributed by atoms with Crippen molar-refractivity contribution in [2.24, 2.45) is 5.73 Å². The van der Waals surface area contributed by atoms with Crippen LogP contribution in [0.1, 0.15) is 0 Å². The molecule has 1 aliphatic heterocycles. The number of amides is 1. The van der Waals surface area contributed by atoms with Crippen LogP contribution >= 0.6 is 11.6 Å². The van der Waals surface area contributed by atoms with Crippen LogP contribution in [0.15, 0.2) is 30.0 Å². The molecule has 1 aromatic carbocycles. The van der Waals surface area contributed by atoms with Crippen molar-refractivity contribution >= 4 is 28.9 Å².